The molecule has 0 aromatic heterocycles. The lowest BCUT2D eigenvalue weighted by Crippen LogP contribution is -2.07. The number of benzene rings is 6. The number of unbranched alkanes of at least 4 members (excludes halogenated alkanes) is 6. The number of phenolic OH excluding ortho intramolecular Hbond substituents is 1. The van der Waals surface area contributed by atoms with Crippen LogP contribution in [0.25, 0.3) is 32.7 Å². The normalized spacial score (nSPS) is 11.6. The van der Waals surface area contributed by atoms with E-state index < -0.39 is 0 Å². The van der Waals surface area contributed by atoms with Gasteiger partial charge in [0.1, 0.15) is 11.5 Å². The van der Waals surface area contributed by atoms with Crippen LogP contribution in [0.3, 0.4) is 0 Å². The van der Waals surface area contributed by atoms with Crippen molar-refractivity contribution in [3.05, 3.63) is 121 Å². The van der Waals surface area contributed by atoms with Crippen molar-refractivity contribution in [2.45, 2.75) is 58.3 Å². The summed E-state index contributed by atoms with van der Waals surface area (Å²) in [4.78, 5) is 12.4. The number of aromatic hydroxyl groups is 1. The summed E-state index contributed by atoms with van der Waals surface area (Å²) in [6.45, 7) is 2.21. The number of nitrogens with zero attached hydrogens (tertiary/aromatic N) is 4. The van der Waals surface area contributed by atoms with Crippen LogP contribution in [0.5, 0.6) is 11.5 Å². The summed E-state index contributed by atoms with van der Waals surface area (Å²) in [7, 11) is 0. The van der Waals surface area contributed by atoms with E-state index in [-0.39, 0.29) is 11.7 Å². The fourth-order valence-corrected chi connectivity index (χ4v) is 5.94. The van der Waals surface area contributed by atoms with Crippen LogP contribution in [-0.2, 0) is 4.79 Å². The molecular weight excluding hydrogens is 608 g/mol. The molecule has 0 spiro atoms. The molecule has 0 bridgehead atoms. The Bertz CT molecular complexity index is 2090. The smallest absolute Gasteiger partial charge is 0.311 e. The van der Waals surface area contributed by atoms with Crippen molar-refractivity contribution in [1.29, 1.82) is 0 Å². The van der Waals surface area contributed by atoms with Gasteiger partial charge >= 0.3 is 5.97 Å². The van der Waals surface area contributed by atoms with Gasteiger partial charge in [0.2, 0.25) is 0 Å². The third-order valence-corrected chi connectivity index (χ3v) is 8.51. The Morgan fingerprint density at radius 3 is 1.59 bits per heavy atom. The van der Waals surface area contributed by atoms with Crippen LogP contribution in [0.4, 0.5) is 22.7 Å². The highest BCUT2D eigenvalue weighted by atomic mass is 16.5. The van der Waals surface area contributed by atoms with Crippen LogP contribution in [0.15, 0.2) is 142 Å². The van der Waals surface area contributed by atoms with Crippen molar-refractivity contribution in [1.82, 2.24) is 0 Å². The zero-order valence-corrected chi connectivity index (χ0v) is 27.8. The average molecular weight is 649 g/mol. The second-order valence-corrected chi connectivity index (χ2v) is 12.1. The van der Waals surface area contributed by atoms with Crippen LogP contribution in [0.2, 0.25) is 0 Å². The van der Waals surface area contributed by atoms with Crippen molar-refractivity contribution in [2.75, 3.05) is 0 Å². The zero-order chi connectivity index (χ0) is 33.8. The molecule has 0 amide bonds. The van der Waals surface area contributed by atoms with Crippen molar-refractivity contribution < 1.29 is 14.6 Å². The minimum atomic E-state index is -0.211. The third-order valence-electron chi connectivity index (χ3n) is 8.51. The van der Waals surface area contributed by atoms with Crippen molar-refractivity contribution in [2.24, 2.45) is 20.5 Å². The molecule has 0 saturated heterocycles. The lowest BCUT2D eigenvalue weighted by Gasteiger charge is -2.15. The van der Waals surface area contributed by atoms with Crippen LogP contribution >= 0.6 is 0 Å². The lowest BCUT2D eigenvalue weighted by molar-refractivity contribution is -0.134. The molecule has 0 radical (unpaired) electrons. The number of hydrogen-bond acceptors (Lipinski definition) is 7. The van der Waals surface area contributed by atoms with E-state index in [9.17, 15) is 9.90 Å². The molecule has 1 N–H and O–H groups in total. The van der Waals surface area contributed by atoms with Gasteiger partial charge in [0.15, 0.2) is 0 Å². The van der Waals surface area contributed by atoms with Crippen molar-refractivity contribution >= 4 is 50.3 Å². The SMILES string of the molecule is CCCCCCCCCC(=O)Oc1ccc(N=Nc2ccc3ccccc3c2-c2c(N=Nc3ccc(O)cc3)ccc3ccccc23)cc1. The fourth-order valence-electron chi connectivity index (χ4n) is 5.94. The van der Waals surface area contributed by atoms with Gasteiger partial charge in [-0.2, -0.15) is 10.2 Å². The fraction of sp³-hybridized carbons (Fsp3) is 0.214. The first kappa shape index (κ1) is 33.2. The molecule has 49 heavy (non-hydrogen) atoms. The monoisotopic (exact) mass is 648 g/mol. The molecule has 0 fully saturated rings. The van der Waals surface area contributed by atoms with Crippen molar-refractivity contribution in [3.8, 4) is 22.6 Å². The quantitative estimate of drug-likeness (QED) is 0.0551. The van der Waals surface area contributed by atoms with E-state index in [4.69, 9.17) is 15.0 Å². The van der Waals surface area contributed by atoms with E-state index in [1.807, 2.05) is 48.5 Å². The molecule has 0 atom stereocenters. The van der Waals surface area contributed by atoms with Gasteiger partial charge in [-0.1, -0.05) is 106 Å². The van der Waals surface area contributed by atoms with Crippen LogP contribution in [0.1, 0.15) is 58.3 Å². The summed E-state index contributed by atoms with van der Waals surface area (Å²) < 4.78 is 5.57. The Hall–Kier alpha value is -5.69. The van der Waals surface area contributed by atoms with Gasteiger partial charge in [0.25, 0.3) is 0 Å². The van der Waals surface area contributed by atoms with Crippen LogP contribution < -0.4 is 4.74 Å². The number of esters is 1. The third kappa shape index (κ3) is 8.62. The van der Waals surface area contributed by atoms with Crippen LogP contribution in [0, 0.1) is 0 Å². The van der Waals surface area contributed by atoms with Gasteiger partial charge in [0.05, 0.1) is 22.7 Å². The lowest BCUT2D eigenvalue weighted by atomic mass is 9.91. The van der Waals surface area contributed by atoms with Gasteiger partial charge < -0.3 is 9.84 Å². The number of carbonyl (C=O) groups is 1. The zero-order valence-electron chi connectivity index (χ0n) is 27.8. The van der Waals surface area contributed by atoms with Crippen LogP contribution in [-0.4, -0.2) is 11.1 Å². The molecule has 6 aromatic rings. The minimum Gasteiger partial charge on any atom is -0.508 e. The molecule has 0 unspecified atom stereocenters. The van der Waals surface area contributed by atoms with Crippen molar-refractivity contribution in [3.63, 3.8) is 0 Å². The number of ether oxygens (including phenoxy) is 1. The van der Waals surface area contributed by atoms with Gasteiger partial charge in [-0.15, -0.1) is 10.2 Å². The van der Waals surface area contributed by atoms with E-state index in [0.717, 1.165) is 51.9 Å². The van der Waals surface area contributed by atoms with E-state index in [0.29, 0.717) is 34.9 Å². The Morgan fingerprint density at radius 2 is 1.04 bits per heavy atom. The minimum absolute atomic E-state index is 0.172. The second-order valence-electron chi connectivity index (χ2n) is 12.1. The topological polar surface area (TPSA) is 96.0 Å². The molecule has 6 aromatic carbocycles. The van der Waals surface area contributed by atoms with E-state index in [1.165, 1.54) is 25.7 Å². The average Bonchev–Trinajstić information content (AvgIpc) is 3.13. The number of rotatable bonds is 14. The molecule has 6 rings (SSSR count). The number of phenols is 1. The highest BCUT2D eigenvalue weighted by Gasteiger charge is 2.17. The first-order valence-corrected chi connectivity index (χ1v) is 17.1. The first-order chi connectivity index (χ1) is 24.1. The summed E-state index contributed by atoms with van der Waals surface area (Å²) in [5.74, 6) is 0.459. The summed E-state index contributed by atoms with van der Waals surface area (Å²) in [5.41, 5.74) is 4.42. The molecule has 0 heterocycles. The molecule has 246 valence electrons. The second kappa shape index (κ2) is 16.4. The molecule has 0 aliphatic heterocycles. The predicted octanol–water partition coefficient (Wildman–Crippen LogP) is 13.2. The maximum Gasteiger partial charge on any atom is 0.311 e. The molecule has 0 aliphatic carbocycles. The molecule has 7 heteroatoms. The molecule has 0 saturated carbocycles. The summed E-state index contributed by atoms with van der Waals surface area (Å²) in [6.07, 6.45) is 8.50. The Morgan fingerprint density at radius 1 is 0.551 bits per heavy atom. The standard InChI is InChI=1S/C42H40N4O3/c1-2-3-4-5-6-7-8-17-40(48)49-35-26-22-33(23-27-35)44-46-39-29-19-31-14-10-12-16-37(31)42(39)41-36-15-11-9-13-30(36)18-28-38(41)45-43-32-20-24-34(47)25-21-32/h9-16,18-29,47H,2-8,17H2,1H3. The Labute approximate surface area is 287 Å². The first-order valence-electron chi connectivity index (χ1n) is 17.1. The Kier molecular flexibility index (Phi) is 11.1. The maximum absolute atomic E-state index is 12.4. The predicted molar refractivity (Wildman–Crippen MR) is 198 cm³/mol. The number of hydrogen-bond donors (Lipinski definition) is 1. The van der Waals surface area contributed by atoms with E-state index >= 15 is 0 Å². The summed E-state index contributed by atoms with van der Waals surface area (Å²) in [6, 6.07) is 38.2. The number of azo groups is 2. The van der Waals surface area contributed by atoms with Gasteiger partial charge in [-0.3, -0.25) is 4.79 Å². The molecule has 7 nitrogen and oxygen atoms in total. The molecular formula is C42H40N4O3. The highest BCUT2D eigenvalue weighted by molar-refractivity contribution is 6.12. The summed E-state index contributed by atoms with van der Waals surface area (Å²) in [5, 5.41) is 32.4. The highest BCUT2D eigenvalue weighted by Crippen LogP contribution is 2.46. The van der Waals surface area contributed by atoms with E-state index in [2.05, 4.69) is 41.4 Å². The number of fused-ring (bicyclic) bond motifs is 2. The maximum atomic E-state index is 12.4. The van der Waals surface area contributed by atoms with Gasteiger partial charge in [-0.25, -0.2) is 0 Å². The van der Waals surface area contributed by atoms with E-state index in [1.54, 1.807) is 48.5 Å². The summed E-state index contributed by atoms with van der Waals surface area (Å²) >= 11 is 0. The molecule has 0 aliphatic rings. The largest absolute Gasteiger partial charge is 0.508 e. The Balaban J connectivity index is 1.28. The van der Waals surface area contributed by atoms with Gasteiger partial charge in [0, 0.05) is 17.5 Å². The number of carbonyl (C=O) groups excluding carboxylic acids is 1. The van der Waals surface area contributed by atoms with Gasteiger partial charge in [-0.05, 0) is 88.6 Å².